The Morgan fingerprint density at radius 1 is 0.678 bits per heavy atom. The molecule has 0 aromatic heterocycles. The quantitative estimate of drug-likeness (QED) is 0.0445. The van der Waals surface area contributed by atoms with Gasteiger partial charge in [0, 0.05) is 50.5 Å². The molecule has 8 N–H and O–H groups in total. The number of amides is 2. The largest absolute Gasteiger partial charge is 0.497 e. The predicted octanol–water partition coefficient (Wildman–Crippen LogP) is 5.59. The number of ether oxygens (including phenoxy) is 6. The van der Waals surface area contributed by atoms with E-state index in [9.17, 15) is 49.7 Å². The van der Waals surface area contributed by atoms with Crippen molar-refractivity contribution in [2.45, 2.75) is 143 Å². The standard InChI is InChI=1S/C33H42N2O8.C25H39BN2O7.C8H5BrO3/c1-17-24-11-22(33(24,3)4)12-25(17)34-32(39)29-28(18(2)38)27(15-37)43-35(29)13-19-7-6-8-23(30(19)40-5)20-9-21(14-36)31-26(10-20)41-16-42-31;1-13-17-9-16(25(17,3)4)10-19(13)27-24(31)22-21(14(2)30)20(12-29)35-28(22)11-15-7-6-8-18(26(32)33)23(15)34-5;9-6-1-5(3-10)8-7(2-6)11-4-12-8/h6-10,14,17-18,22,24-25,27-29,37-38H,11-13,15-16H2,1-5H3,(H,34,39);6-8,13-14,16-17,19-22,29-30,32-33H,9-12H2,1-5H3,(H,27,31);1-3H,4H2/t17-,18-,22+,24-,25-,27-,28+,29-;13-,14-,16+,17-,19-,20-,21+,22-;/m00./s1. The van der Waals surface area contributed by atoms with Gasteiger partial charge in [-0.15, -0.1) is 0 Å². The SMILES string of the molecule is COc1c(CN2O[C@@H](CO)[C@@H]([C@H](C)O)[C@H]2C(=O)N[C@H]2C[C@H]3C[C@@H]([C@@H]2C)C3(C)C)cccc1-c1cc(C=O)c2c(c1)OCO2.COc1c(CN2O[C@@H](CO)[C@@H]([C@H](C)O)[C@H]2C(=O)N[C@H]2C[C@H]3C[C@@H]([C@@H]2C)C3(C)C)cccc1B(O)O.O=Cc1cc(Br)cc2c1OCO2. The highest BCUT2D eigenvalue weighted by Gasteiger charge is 2.59. The summed E-state index contributed by atoms with van der Waals surface area (Å²) in [4.78, 5) is 62.2. The third-order valence-corrected chi connectivity index (χ3v) is 21.7. The highest BCUT2D eigenvalue weighted by molar-refractivity contribution is 9.10. The van der Waals surface area contributed by atoms with Gasteiger partial charge < -0.3 is 69.5 Å². The number of para-hydroxylation sites is 2. The molecule has 4 aromatic rings. The number of aliphatic hydroxyl groups excluding tert-OH is 4. The van der Waals surface area contributed by atoms with E-state index < -0.39 is 55.5 Å². The number of hydrogen-bond donors (Lipinski definition) is 8. The maximum Gasteiger partial charge on any atom is 0.492 e. The van der Waals surface area contributed by atoms with Gasteiger partial charge in [-0.3, -0.25) is 28.9 Å². The summed E-state index contributed by atoms with van der Waals surface area (Å²) >= 11 is 3.26. The third kappa shape index (κ3) is 12.7. The molecular formula is C66H86BBrN4O18. The van der Waals surface area contributed by atoms with Crippen LogP contribution in [0.15, 0.2) is 65.1 Å². The summed E-state index contributed by atoms with van der Waals surface area (Å²) in [6.07, 6.45) is 2.47. The Hall–Kier alpha value is -5.90. The number of carbonyl (C=O) groups excluding carboxylic acids is 4. The molecule has 2 amide bonds. The molecule has 8 fully saturated rings. The second-order valence-corrected chi connectivity index (χ2v) is 27.6. The zero-order valence-corrected chi connectivity index (χ0v) is 54.3. The Labute approximate surface area is 534 Å². The van der Waals surface area contributed by atoms with Gasteiger partial charge >= 0.3 is 7.12 Å². The Morgan fingerprint density at radius 2 is 1.13 bits per heavy atom. The van der Waals surface area contributed by atoms with Crippen molar-refractivity contribution in [3.05, 3.63) is 87.4 Å². The first kappa shape index (κ1) is 67.0. The Morgan fingerprint density at radius 3 is 1.56 bits per heavy atom. The number of benzene rings is 4. The monoisotopic (exact) mass is 1310 g/mol. The van der Waals surface area contributed by atoms with Gasteiger partial charge in [-0.25, -0.2) is 0 Å². The Kier molecular flexibility index (Phi) is 20.4. The van der Waals surface area contributed by atoms with Crippen LogP contribution in [0, 0.1) is 58.2 Å². The van der Waals surface area contributed by atoms with Crippen molar-refractivity contribution in [3.63, 3.8) is 0 Å². The van der Waals surface area contributed by atoms with Crippen molar-refractivity contribution in [1.29, 1.82) is 0 Å². The van der Waals surface area contributed by atoms with Gasteiger partial charge in [-0.2, -0.15) is 10.1 Å². The van der Waals surface area contributed by atoms with E-state index in [1.807, 2.05) is 24.3 Å². The summed E-state index contributed by atoms with van der Waals surface area (Å²) in [5.41, 5.74) is 4.44. The third-order valence-electron chi connectivity index (χ3n) is 21.2. The van der Waals surface area contributed by atoms with Gasteiger partial charge in [0.05, 0.1) is 63.9 Å². The highest BCUT2D eigenvalue weighted by atomic mass is 79.9. The summed E-state index contributed by atoms with van der Waals surface area (Å²) in [5.74, 6) is 4.15. The summed E-state index contributed by atoms with van der Waals surface area (Å²) in [7, 11) is 1.28. The number of nitrogens with one attached hydrogen (secondary N) is 2. The fourth-order valence-electron chi connectivity index (χ4n) is 16.0. The minimum atomic E-state index is -1.72. The summed E-state index contributed by atoms with van der Waals surface area (Å²) < 4.78 is 33.4. The molecule has 4 heterocycles. The fraction of sp³-hybridized carbons (Fsp3) is 0.576. The van der Waals surface area contributed by atoms with Crippen LogP contribution in [0.1, 0.15) is 113 Å². The van der Waals surface area contributed by atoms with Gasteiger partial charge in [0.25, 0.3) is 0 Å². The van der Waals surface area contributed by atoms with E-state index in [1.54, 1.807) is 62.4 Å². The van der Waals surface area contributed by atoms with Crippen LogP contribution in [0.2, 0.25) is 0 Å². The zero-order chi connectivity index (χ0) is 64.8. The van der Waals surface area contributed by atoms with Crippen molar-refractivity contribution in [3.8, 4) is 45.6 Å². The number of rotatable bonds is 18. The molecule has 0 unspecified atom stereocenters. The first-order valence-corrected chi connectivity index (χ1v) is 31.9. The van der Waals surface area contributed by atoms with Crippen LogP contribution in [0.5, 0.6) is 34.5 Å². The van der Waals surface area contributed by atoms with E-state index in [0.717, 1.165) is 41.0 Å². The van der Waals surface area contributed by atoms with Crippen LogP contribution in [0.3, 0.4) is 0 Å². The van der Waals surface area contributed by atoms with E-state index >= 15 is 0 Å². The minimum absolute atomic E-state index is 0.0434. The van der Waals surface area contributed by atoms with E-state index in [4.69, 9.17) is 38.1 Å². The normalized spacial score (nSPS) is 30.2. The average molecular weight is 1310 g/mol. The van der Waals surface area contributed by atoms with Gasteiger partial charge in [0.1, 0.15) is 35.8 Å². The number of fused-ring (bicyclic) bond motifs is 6. The highest BCUT2D eigenvalue weighted by Crippen LogP contribution is 2.62. The summed E-state index contributed by atoms with van der Waals surface area (Å²) in [6.45, 7) is 16.7. The lowest BCUT2D eigenvalue weighted by Gasteiger charge is -2.62. The van der Waals surface area contributed by atoms with E-state index in [2.05, 4.69) is 68.1 Å². The Bertz CT molecular complexity index is 3280. The van der Waals surface area contributed by atoms with Gasteiger partial charge in [0.2, 0.25) is 25.4 Å². The maximum absolute atomic E-state index is 14.0. The molecule has 4 aliphatic heterocycles. The average Bonchev–Trinajstić information content (AvgIpc) is 0.963. The number of carbonyl (C=O) groups is 4. The lowest BCUT2D eigenvalue weighted by molar-refractivity contribution is -0.183. The first-order chi connectivity index (χ1) is 42.9. The smallest absolute Gasteiger partial charge is 0.492 e. The van der Waals surface area contributed by atoms with Gasteiger partial charge in [0.15, 0.2) is 35.6 Å². The van der Waals surface area contributed by atoms with Crippen LogP contribution >= 0.6 is 15.9 Å². The molecule has 6 saturated carbocycles. The molecule has 2 saturated heterocycles. The topological polar surface area (TPSA) is 294 Å². The fourth-order valence-corrected chi connectivity index (χ4v) is 16.5. The van der Waals surface area contributed by atoms with E-state index in [1.165, 1.54) is 25.0 Å². The van der Waals surface area contributed by atoms with Crippen LogP contribution in [-0.2, 0) is 32.4 Å². The molecule has 14 rings (SSSR count). The van der Waals surface area contributed by atoms with Crippen molar-refractivity contribution in [1.82, 2.24) is 20.8 Å². The molecule has 16 atom stereocenters. The lowest BCUT2D eigenvalue weighted by Crippen LogP contribution is -2.62. The molecule has 0 spiro atoms. The van der Waals surface area contributed by atoms with Crippen molar-refractivity contribution < 1.29 is 87.7 Å². The number of hydroxylamine groups is 4. The Balaban J connectivity index is 0.000000169. The molecule has 4 bridgehead atoms. The molecule has 22 nitrogen and oxygen atoms in total. The first-order valence-electron chi connectivity index (χ1n) is 31.1. The molecule has 10 aliphatic rings. The number of aldehydes is 2. The van der Waals surface area contributed by atoms with E-state index in [-0.39, 0.29) is 75.0 Å². The summed E-state index contributed by atoms with van der Waals surface area (Å²) in [5, 5.41) is 70.6. The number of hydrogen-bond acceptors (Lipinski definition) is 20. The van der Waals surface area contributed by atoms with Crippen LogP contribution < -0.4 is 44.5 Å². The van der Waals surface area contributed by atoms with Crippen LogP contribution in [0.4, 0.5) is 0 Å². The number of methoxy groups -OCH3 is 2. The molecule has 6 aliphatic carbocycles. The predicted molar refractivity (Wildman–Crippen MR) is 334 cm³/mol. The lowest BCUT2D eigenvalue weighted by atomic mass is 9.45. The second kappa shape index (κ2) is 27.4. The number of nitrogens with zero attached hydrogens (tertiary/aromatic N) is 2. The molecule has 0 radical (unpaired) electrons. The van der Waals surface area contributed by atoms with E-state index in [0.29, 0.717) is 97.3 Å². The van der Waals surface area contributed by atoms with Crippen molar-refractivity contribution in [2.24, 2.45) is 58.2 Å². The van der Waals surface area contributed by atoms with Crippen LogP contribution in [0.25, 0.3) is 11.1 Å². The molecule has 4 aromatic carbocycles. The molecule has 488 valence electrons. The van der Waals surface area contributed by atoms with Gasteiger partial charge in [-0.1, -0.05) is 93.9 Å². The van der Waals surface area contributed by atoms with Crippen molar-refractivity contribution in [2.75, 3.05) is 41.0 Å². The molecule has 24 heteroatoms. The second-order valence-electron chi connectivity index (χ2n) is 26.6. The number of aliphatic hydroxyl groups is 4. The minimum Gasteiger partial charge on any atom is -0.497 e. The van der Waals surface area contributed by atoms with Crippen molar-refractivity contribution >= 4 is 52.9 Å². The molecule has 90 heavy (non-hydrogen) atoms. The van der Waals surface area contributed by atoms with Gasteiger partial charge in [-0.05, 0) is 116 Å². The zero-order valence-electron chi connectivity index (χ0n) is 52.7. The maximum atomic E-state index is 14.0. The molecular weight excluding hydrogens is 1230 g/mol. The number of halogens is 1. The summed E-state index contributed by atoms with van der Waals surface area (Å²) in [6, 6.07) is 16.1. The van der Waals surface area contributed by atoms with Crippen LogP contribution in [-0.4, -0.2) is 162 Å².